The summed E-state index contributed by atoms with van der Waals surface area (Å²) < 4.78 is 74.7. The van der Waals surface area contributed by atoms with E-state index in [4.69, 9.17) is 4.74 Å². The summed E-state index contributed by atoms with van der Waals surface area (Å²) in [5.41, 5.74) is 0.207. The summed E-state index contributed by atoms with van der Waals surface area (Å²) in [6, 6.07) is 12.0. The van der Waals surface area contributed by atoms with Crippen LogP contribution in [-0.4, -0.2) is 24.1 Å². The van der Waals surface area contributed by atoms with E-state index in [1.165, 1.54) is 42.6 Å². The summed E-state index contributed by atoms with van der Waals surface area (Å²) in [6.07, 6.45) is 2.72. The van der Waals surface area contributed by atoms with Crippen LogP contribution in [0.4, 0.5) is 39.1 Å². The Kier molecular flexibility index (Phi) is 8.45. The molecule has 1 fully saturated rings. The van der Waals surface area contributed by atoms with Gasteiger partial charge in [0.2, 0.25) is 5.91 Å². The molecule has 0 spiro atoms. The molecule has 2 N–H and O–H groups in total. The molecule has 1 heterocycles. The lowest BCUT2D eigenvalue weighted by Gasteiger charge is -2.26. The van der Waals surface area contributed by atoms with Crippen LogP contribution in [0.1, 0.15) is 30.4 Å². The Labute approximate surface area is 215 Å². The van der Waals surface area contributed by atoms with Gasteiger partial charge >= 0.3 is 12.8 Å². The van der Waals surface area contributed by atoms with E-state index in [-0.39, 0.29) is 23.0 Å². The van der Waals surface area contributed by atoms with Crippen molar-refractivity contribution in [2.24, 2.45) is 5.92 Å². The standard InChI is InChI=1S/C27H24F5N3O3/c28-26(29)38-22-8-2-6-18(24(22)37-16-17-4-1-5-17)9-14-23(36)35-21-7-3-15-33-25(21)34-20-12-10-19(11-13-20)27(30,31)32/h2-3,6-15,17,26H,1,4-5,16H2,(H,33,34)(H,35,36). The molecule has 38 heavy (non-hydrogen) atoms. The number of carbonyl (C=O) groups is 1. The zero-order chi connectivity index (χ0) is 27.1. The molecular weight excluding hydrogens is 509 g/mol. The first-order valence-corrected chi connectivity index (χ1v) is 11.8. The average molecular weight is 533 g/mol. The monoisotopic (exact) mass is 533 g/mol. The minimum atomic E-state index is -4.46. The number of alkyl halides is 5. The van der Waals surface area contributed by atoms with Gasteiger partial charge in [-0.05, 0) is 67.3 Å². The van der Waals surface area contributed by atoms with E-state index in [1.807, 2.05) is 0 Å². The summed E-state index contributed by atoms with van der Waals surface area (Å²) in [4.78, 5) is 16.8. The van der Waals surface area contributed by atoms with Crippen molar-refractivity contribution in [1.82, 2.24) is 4.98 Å². The third kappa shape index (κ3) is 7.21. The van der Waals surface area contributed by atoms with Crippen molar-refractivity contribution >= 4 is 29.2 Å². The lowest BCUT2D eigenvalue weighted by atomic mass is 9.86. The van der Waals surface area contributed by atoms with Crippen molar-refractivity contribution < 1.29 is 36.2 Å². The van der Waals surface area contributed by atoms with Crippen LogP contribution >= 0.6 is 0 Å². The summed E-state index contributed by atoms with van der Waals surface area (Å²) in [5, 5.41) is 5.53. The summed E-state index contributed by atoms with van der Waals surface area (Å²) in [6.45, 7) is -2.68. The second kappa shape index (κ2) is 11.9. The molecule has 200 valence electrons. The first-order valence-electron chi connectivity index (χ1n) is 11.8. The Bertz CT molecular complexity index is 1280. The van der Waals surface area contributed by atoms with Gasteiger partial charge in [0.1, 0.15) is 0 Å². The van der Waals surface area contributed by atoms with Crippen molar-refractivity contribution in [1.29, 1.82) is 0 Å². The van der Waals surface area contributed by atoms with Gasteiger partial charge in [-0.25, -0.2) is 4.98 Å². The molecule has 0 atom stereocenters. The number of amides is 1. The quantitative estimate of drug-likeness (QED) is 0.212. The summed E-state index contributed by atoms with van der Waals surface area (Å²) >= 11 is 0. The summed E-state index contributed by atoms with van der Waals surface area (Å²) in [5.74, 6) is -0.00712. The Morgan fingerprint density at radius 2 is 1.84 bits per heavy atom. The molecule has 11 heteroatoms. The van der Waals surface area contributed by atoms with Gasteiger partial charge in [0.15, 0.2) is 17.3 Å². The van der Waals surface area contributed by atoms with Gasteiger partial charge < -0.3 is 20.1 Å². The van der Waals surface area contributed by atoms with E-state index in [0.29, 0.717) is 23.8 Å². The number of nitrogens with one attached hydrogen (secondary N) is 2. The molecule has 0 aliphatic heterocycles. The molecule has 1 aromatic heterocycles. The van der Waals surface area contributed by atoms with Crippen LogP contribution in [0.25, 0.3) is 6.08 Å². The van der Waals surface area contributed by atoms with Crippen molar-refractivity contribution in [3.63, 3.8) is 0 Å². The number of hydrogen-bond acceptors (Lipinski definition) is 5. The molecule has 3 aromatic rings. The Balaban J connectivity index is 1.47. The number of aromatic nitrogens is 1. The molecule has 0 unspecified atom stereocenters. The zero-order valence-corrected chi connectivity index (χ0v) is 20.0. The molecule has 0 bridgehead atoms. The number of halogens is 5. The maximum absolute atomic E-state index is 12.9. The van der Waals surface area contributed by atoms with Crippen LogP contribution in [-0.2, 0) is 11.0 Å². The van der Waals surface area contributed by atoms with Gasteiger partial charge in [-0.3, -0.25) is 4.79 Å². The predicted octanol–water partition coefficient (Wildman–Crippen LogP) is 7.28. The SMILES string of the molecule is O=C(C=Cc1cccc(OC(F)F)c1OCC1CCC1)Nc1cccnc1Nc1ccc(C(F)(F)F)cc1. The first kappa shape index (κ1) is 26.9. The number of hydrogen-bond donors (Lipinski definition) is 2. The fourth-order valence-corrected chi connectivity index (χ4v) is 3.69. The maximum atomic E-state index is 12.9. The first-order chi connectivity index (χ1) is 18.2. The lowest BCUT2D eigenvalue weighted by molar-refractivity contribution is -0.137. The van der Waals surface area contributed by atoms with Crippen LogP contribution in [0, 0.1) is 5.92 Å². The number of para-hydroxylation sites is 1. The van der Waals surface area contributed by atoms with Crippen LogP contribution in [0.15, 0.2) is 66.9 Å². The molecule has 1 amide bonds. The molecule has 6 nitrogen and oxygen atoms in total. The number of benzene rings is 2. The highest BCUT2D eigenvalue weighted by Gasteiger charge is 2.30. The van der Waals surface area contributed by atoms with E-state index >= 15 is 0 Å². The van der Waals surface area contributed by atoms with Crippen LogP contribution in [0.3, 0.4) is 0 Å². The molecule has 1 aliphatic carbocycles. The van der Waals surface area contributed by atoms with Crippen molar-refractivity contribution in [2.45, 2.75) is 32.1 Å². The van der Waals surface area contributed by atoms with E-state index in [2.05, 4.69) is 20.4 Å². The predicted molar refractivity (Wildman–Crippen MR) is 133 cm³/mol. The Morgan fingerprint density at radius 1 is 1.08 bits per heavy atom. The van der Waals surface area contributed by atoms with Crippen molar-refractivity contribution in [3.8, 4) is 11.5 Å². The highest BCUT2D eigenvalue weighted by atomic mass is 19.4. The van der Waals surface area contributed by atoms with Crippen LogP contribution in [0.2, 0.25) is 0 Å². The van der Waals surface area contributed by atoms with Crippen molar-refractivity contribution in [3.05, 3.63) is 78.0 Å². The smallest absolute Gasteiger partial charge is 0.416 e. The molecule has 1 saturated carbocycles. The van der Waals surface area contributed by atoms with Crippen molar-refractivity contribution in [2.75, 3.05) is 17.2 Å². The third-order valence-electron chi connectivity index (χ3n) is 5.87. The molecule has 0 saturated heterocycles. The number of carbonyl (C=O) groups excluding carboxylic acids is 1. The van der Waals surface area contributed by atoms with Crippen LogP contribution < -0.4 is 20.1 Å². The maximum Gasteiger partial charge on any atom is 0.416 e. The number of nitrogens with zero attached hydrogens (tertiary/aromatic N) is 1. The topological polar surface area (TPSA) is 72.5 Å². The zero-order valence-electron chi connectivity index (χ0n) is 20.0. The van der Waals surface area contributed by atoms with E-state index in [1.54, 1.807) is 18.2 Å². The molecule has 0 radical (unpaired) electrons. The van der Waals surface area contributed by atoms with Gasteiger partial charge in [0.05, 0.1) is 17.9 Å². The highest BCUT2D eigenvalue weighted by molar-refractivity contribution is 6.03. The second-order valence-electron chi connectivity index (χ2n) is 8.58. The number of anilines is 3. The number of rotatable bonds is 10. The van der Waals surface area contributed by atoms with Crippen LogP contribution in [0.5, 0.6) is 11.5 Å². The molecule has 2 aromatic carbocycles. The highest BCUT2D eigenvalue weighted by Crippen LogP contribution is 2.36. The third-order valence-corrected chi connectivity index (χ3v) is 5.87. The molecular formula is C27H24F5N3O3. The average Bonchev–Trinajstić information content (AvgIpc) is 2.83. The molecule has 1 aliphatic rings. The van der Waals surface area contributed by atoms with Gasteiger partial charge in [-0.15, -0.1) is 0 Å². The number of pyridine rings is 1. The summed E-state index contributed by atoms with van der Waals surface area (Å²) in [7, 11) is 0. The largest absolute Gasteiger partial charge is 0.489 e. The van der Waals surface area contributed by atoms with E-state index in [0.717, 1.165) is 31.4 Å². The van der Waals surface area contributed by atoms with E-state index < -0.39 is 24.3 Å². The Morgan fingerprint density at radius 3 is 2.50 bits per heavy atom. The fraction of sp³-hybridized carbons (Fsp3) is 0.259. The Hall–Kier alpha value is -4.15. The second-order valence-corrected chi connectivity index (χ2v) is 8.58. The van der Waals surface area contributed by atoms with Gasteiger partial charge in [0.25, 0.3) is 0 Å². The minimum Gasteiger partial charge on any atom is -0.489 e. The van der Waals surface area contributed by atoms with E-state index in [9.17, 15) is 26.7 Å². The fourth-order valence-electron chi connectivity index (χ4n) is 3.69. The van der Waals surface area contributed by atoms with Gasteiger partial charge in [0, 0.05) is 23.5 Å². The van der Waals surface area contributed by atoms with Gasteiger partial charge in [-0.1, -0.05) is 18.6 Å². The lowest BCUT2D eigenvalue weighted by Crippen LogP contribution is -2.20. The minimum absolute atomic E-state index is 0.120. The van der Waals surface area contributed by atoms with Gasteiger partial charge in [-0.2, -0.15) is 22.0 Å². The molecule has 4 rings (SSSR count). The normalized spacial score (nSPS) is 13.8. The number of ether oxygens (including phenoxy) is 2.